The van der Waals surface area contributed by atoms with Gasteiger partial charge in [0.2, 0.25) is 15.8 Å². The standard InChI is InChI=1S/C27H27NO5S/c29-25(21-12-5-3-6-13-21)26(22-14-7-4-8-15-22)33-27(30)23-16-11-17-24(20-23)34(31,32)28-18-9-1-2-10-19-28/h3-8,11-17,20,26H,1-2,9-10,18-19H2. The molecule has 0 bridgehead atoms. The first-order valence-electron chi connectivity index (χ1n) is 11.4. The Bertz CT molecular complexity index is 1230. The average Bonchev–Trinajstić information content (AvgIpc) is 3.18. The average molecular weight is 478 g/mol. The van der Waals surface area contributed by atoms with Crippen molar-refractivity contribution in [3.05, 3.63) is 102 Å². The number of esters is 1. The molecule has 1 unspecified atom stereocenters. The fraction of sp³-hybridized carbons (Fsp3) is 0.259. The van der Waals surface area contributed by atoms with Crippen LogP contribution >= 0.6 is 0 Å². The van der Waals surface area contributed by atoms with Crippen LogP contribution in [0.15, 0.2) is 89.8 Å². The largest absolute Gasteiger partial charge is 0.445 e. The lowest BCUT2D eigenvalue weighted by Crippen LogP contribution is -2.32. The summed E-state index contributed by atoms with van der Waals surface area (Å²) in [7, 11) is -3.72. The molecule has 4 rings (SSSR count). The second-order valence-electron chi connectivity index (χ2n) is 8.27. The van der Waals surface area contributed by atoms with E-state index in [2.05, 4.69) is 0 Å². The van der Waals surface area contributed by atoms with Gasteiger partial charge in [-0.15, -0.1) is 0 Å². The van der Waals surface area contributed by atoms with Gasteiger partial charge in [-0.05, 0) is 31.0 Å². The molecule has 1 aliphatic rings. The Balaban J connectivity index is 1.60. The summed E-state index contributed by atoms with van der Waals surface area (Å²) in [6, 6.07) is 23.3. The van der Waals surface area contributed by atoms with Crippen LogP contribution in [0, 0.1) is 0 Å². The molecule has 34 heavy (non-hydrogen) atoms. The third-order valence-electron chi connectivity index (χ3n) is 5.90. The molecular weight excluding hydrogens is 450 g/mol. The molecule has 3 aromatic carbocycles. The highest BCUT2D eigenvalue weighted by atomic mass is 32.2. The van der Waals surface area contributed by atoms with E-state index >= 15 is 0 Å². The number of hydrogen-bond donors (Lipinski definition) is 0. The van der Waals surface area contributed by atoms with Gasteiger partial charge >= 0.3 is 5.97 Å². The third kappa shape index (κ3) is 5.43. The molecule has 7 heteroatoms. The van der Waals surface area contributed by atoms with E-state index in [-0.39, 0.29) is 16.2 Å². The van der Waals surface area contributed by atoms with E-state index in [1.807, 2.05) is 6.07 Å². The molecule has 1 heterocycles. The topological polar surface area (TPSA) is 80.8 Å². The lowest BCUT2D eigenvalue weighted by molar-refractivity contribution is 0.0280. The number of ketones is 1. The molecule has 1 atom stereocenters. The van der Waals surface area contributed by atoms with Crippen molar-refractivity contribution in [3.63, 3.8) is 0 Å². The van der Waals surface area contributed by atoms with E-state index in [9.17, 15) is 18.0 Å². The van der Waals surface area contributed by atoms with E-state index in [0.29, 0.717) is 24.2 Å². The highest BCUT2D eigenvalue weighted by Crippen LogP contribution is 2.26. The number of nitrogens with zero attached hydrogens (tertiary/aromatic N) is 1. The van der Waals surface area contributed by atoms with E-state index in [4.69, 9.17) is 4.74 Å². The van der Waals surface area contributed by atoms with E-state index in [1.54, 1.807) is 54.6 Å². The first-order valence-corrected chi connectivity index (χ1v) is 12.9. The molecule has 0 N–H and O–H groups in total. The van der Waals surface area contributed by atoms with Crippen molar-refractivity contribution in [1.29, 1.82) is 0 Å². The summed E-state index contributed by atoms with van der Waals surface area (Å²) in [5, 5.41) is 0. The highest BCUT2D eigenvalue weighted by Gasteiger charge is 2.29. The van der Waals surface area contributed by atoms with Crippen molar-refractivity contribution in [3.8, 4) is 0 Å². The molecule has 1 fully saturated rings. The van der Waals surface area contributed by atoms with Gasteiger partial charge < -0.3 is 4.74 Å². The minimum atomic E-state index is -3.72. The van der Waals surface area contributed by atoms with Crippen LogP contribution in [0.4, 0.5) is 0 Å². The van der Waals surface area contributed by atoms with Gasteiger partial charge in [-0.25, -0.2) is 13.2 Å². The summed E-state index contributed by atoms with van der Waals surface area (Å²) in [5.41, 5.74) is 1.04. The predicted molar refractivity (Wildman–Crippen MR) is 129 cm³/mol. The molecule has 0 aliphatic carbocycles. The maximum Gasteiger partial charge on any atom is 0.339 e. The van der Waals surface area contributed by atoms with Crippen LogP contribution in [-0.4, -0.2) is 37.6 Å². The van der Waals surface area contributed by atoms with Crippen LogP contribution in [0.25, 0.3) is 0 Å². The van der Waals surface area contributed by atoms with Gasteiger partial charge in [-0.1, -0.05) is 79.6 Å². The number of carbonyl (C=O) groups is 2. The van der Waals surface area contributed by atoms with Crippen LogP contribution in [0.2, 0.25) is 0 Å². The van der Waals surface area contributed by atoms with Gasteiger partial charge in [-0.2, -0.15) is 4.31 Å². The molecule has 6 nitrogen and oxygen atoms in total. The Morgan fingerprint density at radius 2 is 1.32 bits per heavy atom. The number of rotatable bonds is 7. The first kappa shape index (κ1) is 23.9. The minimum Gasteiger partial charge on any atom is -0.445 e. The fourth-order valence-corrected chi connectivity index (χ4v) is 5.61. The van der Waals surface area contributed by atoms with E-state index in [1.165, 1.54) is 28.6 Å². The zero-order valence-corrected chi connectivity index (χ0v) is 19.6. The van der Waals surface area contributed by atoms with Gasteiger partial charge in [0.25, 0.3) is 0 Å². The number of ether oxygens (including phenoxy) is 1. The predicted octanol–water partition coefficient (Wildman–Crippen LogP) is 5.03. The van der Waals surface area contributed by atoms with E-state index < -0.39 is 22.1 Å². The molecule has 0 spiro atoms. The lowest BCUT2D eigenvalue weighted by Gasteiger charge is -2.20. The number of Topliss-reactive ketones (excluding diaryl/α,β-unsaturated/α-hetero) is 1. The summed E-state index contributed by atoms with van der Waals surface area (Å²) in [6.45, 7) is 0.942. The number of hydrogen-bond acceptors (Lipinski definition) is 5. The van der Waals surface area contributed by atoms with Crippen molar-refractivity contribution in [2.75, 3.05) is 13.1 Å². The molecule has 0 radical (unpaired) electrons. The van der Waals surface area contributed by atoms with Crippen molar-refractivity contribution in [2.45, 2.75) is 36.7 Å². The smallest absolute Gasteiger partial charge is 0.339 e. The number of sulfonamides is 1. The summed E-state index contributed by atoms with van der Waals surface area (Å²) in [5.74, 6) is -1.11. The van der Waals surface area contributed by atoms with Crippen LogP contribution < -0.4 is 0 Å². The Morgan fingerprint density at radius 3 is 1.97 bits per heavy atom. The molecule has 1 saturated heterocycles. The van der Waals surface area contributed by atoms with E-state index in [0.717, 1.165) is 25.7 Å². The second kappa shape index (κ2) is 10.8. The molecule has 1 aliphatic heterocycles. The van der Waals surface area contributed by atoms with Crippen LogP contribution in [-0.2, 0) is 14.8 Å². The Morgan fingerprint density at radius 1 is 0.735 bits per heavy atom. The summed E-state index contributed by atoms with van der Waals surface area (Å²) >= 11 is 0. The molecule has 0 aromatic heterocycles. The van der Waals surface area contributed by atoms with Crippen LogP contribution in [0.5, 0.6) is 0 Å². The van der Waals surface area contributed by atoms with Crippen LogP contribution in [0.3, 0.4) is 0 Å². The van der Waals surface area contributed by atoms with Crippen molar-refractivity contribution >= 4 is 21.8 Å². The summed E-state index contributed by atoms with van der Waals surface area (Å²) in [6.07, 6.45) is 2.51. The first-order chi connectivity index (χ1) is 16.5. The summed E-state index contributed by atoms with van der Waals surface area (Å²) < 4.78 is 33.5. The second-order valence-corrected chi connectivity index (χ2v) is 10.2. The Kier molecular flexibility index (Phi) is 7.55. The van der Waals surface area contributed by atoms with Gasteiger partial charge in [0.15, 0.2) is 6.10 Å². The number of benzene rings is 3. The van der Waals surface area contributed by atoms with Crippen molar-refractivity contribution in [1.82, 2.24) is 4.31 Å². The molecule has 0 amide bonds. The van der Waals surface area contributed by atoms with Crippen LogP contribution in [0.1, 0.15) is 58.1 Å². The quantitative estimate of drug-likeness (QED) is 0.352. The zero-order valence-electron chi connectivity index (χ0n) is 18.8. The lowest BCUT2D eigenvalue weighted by atomic mass is 10.00. The summed E-state index contributed by atoms with van der Waals surface area (Å²) in [4.78, 5) is 26.3. The van der Waals surface area contributed by atoms with Gasteiger partial charge in [-0.3, -0.25) is 4.79 Å². The van der Waals surface area contributed by atoms with Gasteiger partial charge in [0.1, 0.15) is 0 Å². The fourth-order valence-electron chi connectivity index (χ4n) is 4.04. The maximum atomic E-state index is 13.2. The molecule has 3 aromatic rings. The third-order valence-corrected chi connectivity index (χ3v) is 7.79. The number of carbonyl (C=O) groups excluding carboxylic acids is 2. The Labute approximate surface area is 200 Å². The SMILES string of the molecule is O=C(OC(C(=O)c1ccccc1)c1ccccc1)c1cccc(S(=O)(=O)N2CCCCCC2)c1. The minimum absolute atomic E-state index is 0.0505. The maximum absolute atomic E-state index is 13.2. The molecule has 176 valence electrons. The van der Waals surface area contributed by atoms with Crippen molar-refractivity contribution in [2.24, 2.45) is 0 Å². The van der Waals surface area contributed by atoms with Gasteiger partial charge in [0.05, 0.1) is 10.5 Å². The normalized spacial score (nSPS) is 15.8. The zero-order chi connectivity index (χ0) is 24.0. The molecule has 0 saturated carbocycles. The van der Waals surface area contributed by atoms with Crippen molar-refractivity contribution < 1.29 is 22.7 Å². The molecular formula is C27H27NO5S. The van der Waals surface area contributed by atoms with Gasteiger partial charge in [0, 0.05) is 24.2 Å². The highest BCUT2D eigenvalue weighted by molar-refractivity contribution is 7.89. The Hall–Kier alpha value is -3.29. The monoisotopic (exact) mass is 477 g/mol.